The highest BCUT2D eigenvalue weighted by atomic mass is 35.5. The molecule has 130 valence electrons. The van der Waals surface area contributed by atoms with Crippen LogP contribution in [-0.2, 0) is 0 Å². The summed E-state index contributed by atoms with van der Waals surface area (Å²) in [6, 6.07) is 13.1. The van der Waals surface area contributed by atoms with Crippen molar-refractivity contribution in [3.05, 3.63) is 76.8 Å². The smallest absolute Gasteiger partial charge is 0.335 e. The Balaban J connectivity index is 2.00. The van der Waals surface area contributed by atoms with Crippen molar-refractivity contribution in [3.8, 4) is 22.3 Å². The van der Waals surface area contributed by atoms with Gasteiger partial charge in [-0.25, -0.2) is 9.18 Å². The molecule has 0 aliphatic heterocycles. The summed E-state index contributed by atoms with van der Waals surface area (Å²) in [5, 5.41) is 9.92. The third-order valence-corrected chi connectivity index (χ3v) is 4.81. The Morgan fingerprint density at radius 3 is 2.50 bits per heavy atom. The summed E-state index contributed by atoms with van der Waals surface area (Å²) in [5.41, 5.74) is 3.14. The fourth-order valence-corrected chi connectivity index (χ4v) is 3.31. The van der Waals surface area contributed by atoms with E-state index in [1.54, 1.807) is 36.5 Å². The zero-order valence-electron chi connectivity index (χ0n) is 13.7. The van der Waals surface area contributed by atoms with Crippen molar-refractivity contribution in [2.45, 2.75) is 18.8 Å². The van der Waals surface area contributed by atoms with Gasteiger partial charge in [0.25, 0.3) is 0 Å². The van der Waals surface area contributed by atoms with Crippen LogP contribution in [0.15, 0.2) is 54.7 Å². The second-order valence-corrected chi connectivity index (χ2v) is 6.84. The maximum atomic E-state index is 15.0. The van der Waals surface area contributed by atoms with Crippen LogP contribution in [0.5, 0.6) is 0 Å². The summed E-state index contributed by atoms with van der Waals surface area (Å²) in [6.07, 6.45) is 3.80. The average Bonchev–Trinajstić information content (AvgIpc) is 3.47. The lowest BCUT2D eigenvalue weighted by Crippen LogP contribution is -2.02. The van der Waals surface area contributed by atoms with Gasteiger partial charge in [0, 0.05) is 28.3 Å². The van der Waals surface area contributed by atoms with Gasteiger partial charge in [-0.15, -0.1) is 0 Å². The van der Waals surface area contributed by atoms with Gasteiger partial charge in [-0.2, -0.15) is 0 Å². The monoisotopic (exact) mass is 367 g/mol. The van der Waals surface area contributed by atoms with Crippen LogP contribution in [0.3, 0.4) is 0 Å². The first-order chi connectivity index (χ1) is 12.5. The van der Waals surface area contributed by atoms with Gasteiger partial charge in [-0.3, -0.25) is 4.98 Å². The van der Waals surface area contributed by atoms with Crippen LogP contribution in [0.2, 0.25) is 5.02 Å². The highest BCUT2D eigenvalue weighted by Gasteiger charge is 2.29. The standard InChI is InChI=1S/C21H15ClFNO2/c22-15-7-5-12(6-8-15)19-17(10-14(21(25)26)11-18(19)23)16-2-1-9-24-20(16)13-3-4-13/h1-2,5-11,13H,3-4H2,(H,25,26). The van der Waals surface area contributed by atoms with E-state index >= 15 is 0 Å². The molecule has 26 heavy (non-hydrogen) atoms. The van der Waals surface area contributed by atoms with Crippen molar-refractivity contribution in [2.75, 3.05) is 0 Å². The molecule has 0 atom stereocenters. The zero-order chi connectivity index (χ0) is 18.3. The van der Waals surface area contributed by atoms with E-state index in [9.17, 15) is 14.3 Å². The number of rotatable bonds is 4. The number of carbonyl (C=O) groups is 1. The molecule has 1 fully saturated rings. The fourth-order valence-electron chi connectivity index (χ4n) is 3.18. The minimum atomic E-state index is -1.16. The molecular weight excluding hydrogens is 353 g/mol. The molecule has 4 rings (SSSR count). The maximum absolute atomic E-state index is 15.0. The first kappa shape index (κ1) is 16.7. The minimum Gasteiger partial charge on any atom is -0.478 e. The van der Waals surface area contributed by atoms with Gasteiger partial charge in [-0.05, 0) is 54.3 Å². The molecule has 5 heteroatoms. The Labute approximate surface area is 155 Å². The van der Waals surface area contributed by atoms with E-state index in [2.05, 4.69) is 4.98 Å². The molecule has 3 aromatic rings. The third-order valence-electron chi connectivity index (χ3n) is 4.56. The van der Waals surface area contributed by atoms with Crippen LogP contribution in [0.4, 0.5) is 4.39 Å². The van der Waals surface area contributed by atoms with E-state index in [0.717, 1.165) is 30.2 Å². The Morgan fingerprint density at radius 1 is 1.12 bits per heavy atom. The molecule has 1 saturated carbocycles. The Bertz CT molecular complexity index is 997. The van der Waals surface area contributed by atoms with Crippen molar-refractivity contribution in [1.29, 1.82) is 0 Å². The molecule has 1 aliphatic carbocycles. The number of halogens is 2. The maximum Gasteiger partial charge on any atom is 0.335 e. The van der Waals surface area contributed by atoms with Crippen LogP contribution in [-0.4, -0.2) is 16.1 Å². The Hall–Kier alpha value is -2.72. The van der Waals surface area contributed by atoms with Gasteiger partial charge in [0.1, 0.15) is 5.82 Å². The van der Waals surface area contributed by atoms with Gasteiger partial charge in [-0.1, -0.05) is 29.8 Å². The topological polar surface area (TPSA) is 50.2 Å². The SMILES string of the molecule is O=C(O)c1cc(F)c(-c2ccc(Cl)cc2)c(-c2cccnc2C2CC2)c1. The summed E-state index contributed by atoms with van der Waals surface area (Å²) in [4.78, 5) is 15.9. The van der Waals surface area contributed by atoms with Crippen molar-refractivity contribution < 1.29 is 14.3 Å². The van der Waals surface area contributed by atoms with Crippen molar-refractivity contribution in [1.82, 2.24) is 4.98 Å². The number of carboxylic acid groups (broad SMARTS) is 1. The molecular formula is C21H15ClFNO2. The molecule has 1 heterocycles. The molecule has 1 aromatic heterocycles. The van der Waals surface area contributed by atoms with E-state index in [1.165, 1.54) is 6.07 Å². The third kappa shape index (κ3) is 3.08. The first-order valence-electron chi connectivity index (χ1n) is 8.32. The second-order valence-electron chi connectivity index (χ2n) is 6.40. The molecule has 3 nitrogen and oxygen atoms in total. The second kappa shape index (κ2) is 6.54. The van der Waals surface area contributed by atoms with E-state index in [0.29, 0.717) is 27.6 Å². The van der Waals surface area contributed by atoms with Crippen molar-refractivity contribution >= 4 is 17.6 Å². The molecule has 1 aliphatic rings. The highest BCUT2D eigenvalue weighted by molar-refractivity contribution is 6.30. The number of carboxylic acids is 1. The summed E-state index contributed by atoms with van der Waals surface area (Å²) in [5.74, 6) is -1.39. The van der Waals surface area contributed by atoms with Crippen LogP contribution in [0.25, 0.3) is 22.3 Å². The predicted octanol–water partition coefficient (Wildman–Crippen LogP) is 5.78. The van der Waals surface area contributed by atoms with E-state index in [1.807, 2.05) is 6.07 Å². The van der Waals surface area contributed by atoms with Crippen LogP contribution >= 0.6 is 11.6 Å². The summed E-state index contributed by atoms with van der Waals surface area (Å²) >= 11 is 5.96. The summed E-state index contributed by atoms with van der Waals surface area (Å²) in [7, 11) is 0. The molecule has 2 aromatic carbocycles. The largest absolute Gasteiger partial charge is 0.478 e. The highest BCUT2D eigenvalue weighted by Crippen LogP contribution is 2.45. The lowest BCUT2D eigenvalue weighted by Gasteiger charge is -2.15. The lowest BCUT2D eigenvalue weighted by atomic mass is 9.90. The van der Waals surface area contributed by atoms with Crippen LogP contribution in [0, 0.1) is 5.82 Å². The molecule has 0 saturated heterocycles. The Morgan fingerprint density at radius 2 is 1.85 bits per heavy atom. The molecule has 0 bridgehead atoms. The molecule has 0 spiro atoms. The summed E-state index contributed by atoms with van der Waals surface area (Å²) in [6.45, 7) is 0. The number of hydrogen-bond acceptors (Lipinski definition) is 2. The number of hydrogen-bond donors (Lipinski definition) is 1. The number of nitrogens with zero attached hydrogens (tertiary/aromatic N) is 1. The average molecular weight is 368 g/mol. The van der Waals surface area contributed by atoms with Crippen LogP contribution < -0.4 is 0 Å². The fraction of sp³-hybridized carbons (Fsp3) is 0.143. The number of aromatic nitrogens is 1. The van der Waals surface area contributed by atoms with Gasteiger partial charge in [0.2, 0.25) is 0 Å². The summed E-state index contributed by atoms with van der Waals surface area (Å²) < 4.78 is 15.0. The van der Waals surface area contributed by atoms with E-state index in [-0.39, 0.29) is 5.56 Å². The quantitative estimate of drug-likeness (QED) is 0.635. The molecule has 0 unspecified atom stereocenters. The van der Waals surface area contributed by atoms with Crippen molar-refractivity contribution in [2.24, 2.45) is 0 Å². The van der Waals surface area contributed by atoms with Gasteiger partial charge in [0.05, 0.1) is 11.3 Å². The number of benzene rings is 2. The first-order valence-corrected chi connectivity index (χ1v) is 8.70. The van der Waals surface area contributed by atoms with E-state index < -0.39 is 11.8 Å². The normalized spacial score (nSPS) is 13.6. The van der Waals surface area contributed by atoms with Gasteiger partial charge >= 0.3 is 5.97 Å². The molecule has 0 radical (unpaired) electrons. The van der Waals surface area contributed by atoms with E-state index in [4.69, 9.17) is 11.6 Å². The Kier molecular flexibility index (Phi) is 4.21. The van der Waals surface area contributed by atoms with Crippen LogP contribution in [0.1, 0.15) is 34.8 Å². The van der Waals surface area contributed by atoms with Gasteiger partial charge in [0.15, 0.2) is 0 Å². The molecule has 1 N–H and O–H groups in total. The van der Waals surface area contributed by atoms with Gasteiger partial charge < -0.3 is 5.11 Å². The number of pyridine rings is 1. The minimum absolute atomic E-state index is 0.0826. The predicted molar refractivity (Wildman–Crippen MR) is 99.0 cm³/mol. The van der Waals surface area contributed by atoms with Crippen molar-refractivity contribution in [3.63, 3.8) is 0 Å². The lowest BCUT2D eigenvalue weighted by molar-refractivity contribution is 0.0696. The molecule has 0 amide bonds. The zero-order valence-corrected chi connectivity index (χ0v) is 14.5. The number of aromatic carboxylic acids is 1.